The maximum Gasteiger partial charge on any atom is 0.219 e. The molecule has 0 radical (unpaired) electrons. The van der Waals surface area contributed by atoms with E-state index in [0.717, 1.165) is 26.2 Å². The van der Waals surface area contributed by atoms with Crippen LogP contribution < -0.4 is 0 Å². The molecule has 84 valence electrons. The second-order valence-electron chi connectivity index (χ2n) is 4.36. The van der Waals surface area contributed by atoms with Crippen LogP contribution in [0.3, 0.4) is 0 Å². The van der Waals surface area contributed by atoms with Gasteiger partial charge in [0.1, 0.15) is 6.04 Å². The summed E-state index contributed by atoms with van der Waals surface area (Å²) in [6.07, 6.45) is 0. The lowest BCUT2D eigenvalue weighted by atomic mass is 10.0. The fraction of sp³-hybridized carbons (Fsp3) is 0.818. The van der Waals surface area contributed by atoms with Crippen LogP contribution in [0, 0.1) is 17.2 Å². The van der Waals surface area contributed by atoms with E-state index in [2.05, 4.69) is 24.8 Å². The van der Waals surface area contributed by atoms with Gasteiger partial charge in [0.25, 0.3) is 0 Å². The van der Waals surface area contributed by atoms with Crippen molar-refractivity contribution in [2.45, 2.75) is 26.8 Å². The van der Waals surface area contributed by atoms with Crippen LogP contribution in [0.25, 0.3) is 0 Å². The highest BCUT2D eigenvalue weighted by molar-refractivity contribution is 5.73. The van der Waals surface area contributed by atoms with Crippen molar-refractivity contribution in [1.29, 1.82) is 5.26 Å². The number of hydrogen-bond donors (Lipinski definition) is 0. The third-order valence-electron chi connectivity index (χ3n) is 2.92. The van der Waals surface area contributed by atoms with Crippen molar-refractivity contribution in [3.63, 3.8) is 0 Å². The Morgan fingerprint density at radius 2 is 1.80 bits per heavy atom. The molecule has 0 aromatic rings. The standard InChI is InChI=1S/C11H19N3O/c1-9(2)11(8-12)14-6-4-13(5-7-14)10(3)15/h9,11H,4-7H2,1-3H3. The summed E-state index contributed by atoms with van der Waals surface area (Å²) in [6, 6.07) is 2.32. The second-order valence-corrected chi connectivity index (χ2v) is 4.36. The molecule has 1 atom stereocenters. The van der Waals surface area contributed by atoms with Gasteiger partial charge in [-0.3, -0.25) is 9.69 Å². The summed E-state index contributed by atoms with van der Waals surface area (Å²) in [5, 5.41) is 9.05. The molecular formula is C11H19N3O. The van der Waals surface area contributed by atoms with E-state index in [4.69, 9.17) is 5.26 Å². The van der Waals surface area contributed by atoms with Gasteiger partial charge in [0.2, 0.25) is 5.91 Å². The molecule has 0 N–H and O–H groups in total. The second kappa shape index (κ2) is 5.13. The fourth-order valence-electron chi connectivity index (χ4n) is 1.97. The first-order valence-electron chi connectivity index (χ1n) is 5.45. The smallest absolute Gasteiger partial charge is 0.219 e. The highest BCUT2D eigenvalue weighted by Crippen LogP contribution is 2.12. The zero-order chi connectivity index (χ0) is 11.4. The SMILES string of the molecule is CC(=O)N1CCN(C(C#N)C(C)C)CC1. The number of nitrogens with zero attached hydrogens (tertiary/aromatic N) is 3. The summed E-state index contributed by atoms with van der Waals surface area (Å²) < 4.78 is 0. The Hall–Kier alpha value is -1.08. The van der Waals surface area contributed by atoms with Crippen molar-refractivity contribution in [3.05, 3.63) is 0 Å². The first-order chi connectivity index (χ1) is 7.06. The molecule has 4 heteroatoms. The Morgan fingerprint density at radius 1 is 1.27 bits per heavy atom. The summed E-state index contributed by atoms with van der Waals surface area (Å²) in [4.78, 5) is 15.1. The minimum Gasteiger partial charge on any atom is -0.340 e. The molecule has 1 saturated heterocycles. The van der Waals surface area contributed by atoms with E-state index >= 15 is 0 Å². The Balaban J connectivity index is 2.50. The highest BCUT2D eigenvalue weighted by atomic mass is 16.2. The van der Waals surface area contributed by atoms with Gasteiger partial charge in [0, 0.05) is 33.1 Å². The van der Waals surface area contributed by atoms with E-state index in [1.807, 2.05) is 4.90 Å². The van der Waals surface area contributed by atoms with Crippen molar-refractivity contribution in [2.24, 2.45) is 5.92 Å². The number of hydrogen-bond acceptors (Lipinski definition) is 3. The molecule has 4 nitrogen and oxygen atoms in total. The van der Waals surface area contributed by atoms with Crippen molar-refractivity contribution in [1.82, 2.24) is 9.80 Å². The first kappa shape index (κ1) is 12.0. The molecule has 0 aromatic heterocycles. The summed E-state index contributed by atoms with van der Waals surface area (Å²) in [7, 11) is 0. The zero-order valence-corrected chi connectivity index (χ0v) is 9.73. The lowest BCUT2D eigenvalue weighted by Gasteiger charge is -2.37. The van der Waals surface area contributed by atoms with Crippen molar-refractivity contribution >= 4 is 5.91 Å². The summed E-state index contributed by atoms with van der Waals surface area (Å²) in [6.45, 7) is 8.85. The van der Waals surface area contributed by atoms with E-state index < -0.39 is 0 Å². The monoisotopic (exact) mass is 209 g/mol. The molecule has 0 aliphatic carbocycles. The quantitative estimate of drug-likeness (QED) is 0.672. The molecule has 1 amide bonds. The number of piperazine rings is 1. The molecule has 1 heterocycles. The lowest BCUT2D eigenvalue weighted by molar-refractivity contribution is -0.130. The van der Waals surface area contributed by atoms with Crippen LogP contribution in [0.2, 0.25) is 0 Å². The molecule has 0 saturated carbocycles. The first-order valence-corrected chi connectivity index (χ1v) is 5.45. The number of carbonyl (C=O) groups excluding carboxylic acids is 1. The summed E-state index contributed by atoms with van der Waals surface area (Å²) in [5.41, 5.74) is 0. The van der Waals surface area contributed by atoms with Gasteiger partial charge in [-0.15, -0.1) is 0 Å². The van der Waals surface area contributed by atoms with Gasteiger partial charge in [-0.2, -0.15) is 5.26 Å². The van der Waals surface area contributed by atoms with E-state index in [1.54, 1.807) is 6.92 Å². The van der Waals surface area contributed by atoms with E-state index in [9.17, 15) is 4.79 Å². The van der Waals surface area contributed by atoms with E-state index in [0.29, 0.717) is 5.92 Å². The predicted octanol–water partition coefficient (Wildman–Crippen LogP) is 0.699. The van der Waals surface area contributed by atoms with Gasteiger partial charge in [-0.05, 0) is 5.92 Å². The molecular weight excluding hydrogens is 190 g/mol. The van der Waals surface area contributed by atoms with Crippen LogP contribution in [0.1, 0.15) is 20.8 Å². The minimum atomic E-state index is -0.0147. The van der Waals surface area contributed by atoms with Crippen LogP contribution in [0.4, 0.5) is 0 Å². The molecule has 0 aromatic carbocycles. The van der Waals surface area contributed by atoms with Crippen LogP contribution in [-0.4, -0.2) is 47.9 Å². The lowest BCUT2D eigenvalue weighted by Crippen LogP contribution is -2.52. The Bertz CT molecular complexity index is 261. The topological polar surface area (TPSA) is 47.3 Å². The zero-order valence-electron chi connectivity index (χ0n) is 9.73. The van der Waals surface area contributed by atoms with E-state index in [1.165, 1.54) is 0 Å². The fourth-order valence-corrected chi connectivity index (χ4v) is 1.97. The maximum absolute atomic E-state index is 11.1. The van der Waals surface area contributed by atoms with Crippen LogP contribution >= 0.6 is 0 Å². The average Bonchev–Trinajstić information content (AvgIpc) is 2.19. The van der Waals surface area contributed by atoms with Crippen molar-refractivity contribution in [3.8, 4) is 6.07 Å². The number of amides is 1. The highest BCUT2D eigenvalue weighted by Gasteiger charge is 2.26. The summed E-state index contributed by atoms with van der Waals surface area (Å²) in [5.74, 6) is 0.478. The molecule has 1 fully saturated rings. The van der Waals surface area contributed by atoms with Crippen molar-refractivity contribution in [2.75, 3.05) is 26.2 Å². The summed E-state index contributed by atoms with van der Waals surface area (Å²) >= 11 is 0. The average molecular weight is 209 g/mol. The largest absolute Gasteiger partial charge is 0.340 e. The maximum atomic E-state index is 11.1. The minimum absolute atomic E-state index is 0.0147. The van der Waals surface area contributed by atoms with Gasteiger partial charge < -0.3 is 4.90 Å². The third kappa shape index (κ3) is 2.93. The molecule has 0 spiro atoms. The molecule has 1 aliphatic heterocycles. The predicted molar refractivity (Wildman–Crippen MR) is 58.1 cm³/mol. The number of carbonyl (C=O) groups is 1. The van der Waals surface area contributed by atoms with Crippen LogP contribution in [-0.2, 0) is 4.79 Å². The Labute approximate surface area is 91.5 Å². The van der Waals surface area contributed by atoms with Gasteiger partial charge in [0.15, 0.2) is 0 Å². The van der Waals surface area contributed by atoms with Gasteiger partial charge >= 0.3 is 0 Å². The van der Waals surface area contributed by atoms with Crippen LogP contribution in [0.15, 0.2) is 0 Å². The Kier molecular flexibility index (Phi) is 4.10. The Morgan fingerprint density at radius 3 is 2.13 bits per heavy atom. The molecule has 0 bridgehead atoms. The van der Waals surface area contributed by atoms with Crippen molar-refractivity contribution < 1.29 is 4.79 Å². The molecule has 1 unspecified atom stereocenters. The van der Waals surface area contributed by atoms with Gasteiger partial charge in [-0.25, -0.2) is 0 Å². The molecule has 15 heavy (non-hydrogen) atoms. The van der Waals surface area contributed by atoms with E-state index in [-0.39, 0.29) is 11.9 Å². The van der Waals surface area contributed by atoms with Gasteiger partial charge in [0.05, 0.1) is 6.07 Å². The molecule has 1 aliphatic rings. The normalized spacial score (nSPS) is 20.1. The number of nitriles is 1. The third-order valence-corrected chi connectivity index (χ3v) is 2.92. The van der Waals surface area contributed by atoms with Crippen LogP contribution in [0.5, 0.6) is 0 Å². The van der Waals surface area contributed by atoms with Gasteiger partial charge in [-0.1, -0.05) is 13.8 Å². The molecule has 1 rings (SSSR count). The number of rotatable bonds is 2.